The molecule has 1 aromatic rings. The molecule has 0 bridgehead atoms. The molecule has 15 heavy (non-hydrogen) atoms. The first kappa shape index (κ1) is 11.2. The number of halogens is 1. The third-order valence-electron chi connectivity index (χ3n) is 2.52. The van der Waals surface area contributed by atoms with Gasteiger partial charge in [-0.2, -0.15) is 11.8 Å². The second-order valence-corrected chi connectivity index (χ2v) is 5.48. The molecule has 1 N–H and O–H groups in total. The molecule has 1 aromatic heterocycles. The normalized spacial score (nSPS) is 21.5. The summed E-state index contributed by atoms with van der Waals surface area (Å²) >= 11 is 5.16. The molecule has 0 radical (unpaired) electrons. The molecule has 0 spiro atoms. The number of aromatic amines is 1. The Morgan fingerprint density at radius 1 is 1.60 bits per heavy atom. The number of nitrogens with one attached hydrogen (secondary N) is 1. The highest BCUT2D eigenvalue weighted by atomic mass is 79.9. The molecule has 82 valence electrons. The third kappa shape index (κ3) is 2.64. The second-order valence-electron chi connectivity index (χ2n) is 3.61. The van der Waals surface area contributed by atoms with Crippen LogP contribution in [0.1, 0.15) is 35.9 Å². The van der Waals surface area contributed by atoms with Gasteiger partial charge in [0, 0.05) is 17.1 Å². The molecule has 1 unspecified atom stereocenters. The molecular formula is C10H13BrN2OS. The predicted octanol–water partition coefficient (Wildman–Crippen LogP) is 2.62. The molecular weight excluding hydrogens is 276 g/mol. The van der Waals surface area contributed by atoms with E-state index in [9.17, 15) is 4.79 Å². The minimum Gasteiger partial charge on any atom is -0.309 e. The van der Waals surface area contributed by atoms with Crippen LogP contribution < -0.4 is 5.56 Å². The van der Waals surface area contributed by atoms with Gasteiger partial charge in [0.1, 0.15) is 5.82 Å². The zero-order chi connectivity index (χ0) is 10.7. The number of aromatic nitrogens is 2. The van der Waals surface area contributed by atoms with E-state index in [0.29, 0.717) is 16.1 Å². The van der Waals surface area contributed by atoms with Crippen LogP contribution in [0.3, 0.4) is 0 Å². The lowest BCUT2D eigenvalue weighted by Gasteiger charge is -2.20. The highest BCUT2D eigenvalue weighted by Gasteiger charge is 2.18. The first-order chi connectivity index (χ1) is 7.31. The quantitative estimate of drug-likeness (QED) is 0.851. The number of hydrogen-bond acceptors (Lipinski definition) is 3. The first-order valence-corrected chi connectivity index (χ1v) is 7.24. The highest BCUT2D eigenvalue weighted by Crippen LogP contribution is 2.35. The smallest absolute Gasteiger partial charge is 0.254 e. The zero-order valence-corrected chi connectivity index (χ0v) is 10.7. The Morgan fingerprint density at radius 2 is 2.47 bits per heavy atom. The van der Waals surface area contributed by atoms with Crippen LogP contribution in [0.4, 0.5) is 0 Å². The molecule has 1 aliphatic rings. The van der Waals surface area contributed by atoms with Crippen molar-refractivity contribution in [2.45, 2.75) is 29.8 Å². The molecule has 0 amide bonds. The van der Waals surface area contributed by atoms with E-state index in [4.69, 9.17) is 0 Å². The number of H-pyrrole nitrogens is 1. The average molecular weight is 289 g/mol. The van der Waals surface area contributed by atoms with Crippen molar-refractivity contribution in [3.63, 3.8) is 0 Å². The van der Waals surface area contributed by atoms with Gasteiger partial charge in [-0.15, -0.1) is 0 Å². The fraction of sp³-hybridized carbons (Fsp3) is 0.600. The van der Waals surface area contributed by atoms with Gasteiger partial charge in [-0.1, -0.05) is 22.4 Å². The van der Waals surface area contributed by atoms with Crippen LogP contribution in [0.5, 0.6) is 0 Å². The number of nitrogens with zero attached hydrogens (tertiary/aromatic N) is 1. The molecule has 2 rings (SSSR count). The van der Waals surface area contributed by atoms with Crippen molar-refractivity contribution in [3.05, 3.63) is 27.9 Å². The monoisotopic (exact) mass is 288 g/mol. The molecule has 2 heterocycles. The Morgan fingerprint density at radius 3 is 3.07 bits per heavy atom. The summed E-state index contributed by atoms with van der Waals surface area (Å²) in [5, 5.41) is 0.948. The molecule has 0 aliphatic carbocycles. The Kier molecular flexibility index (Phi) is 3.86. The van der Waals surface area contributed by atoms with E-state index in [0.717, 1.165) is 12.2 Å². The number of thioether (sulfide) groups is 1. The summed E-state index contributed by atoms with van der Waals surface area (Å²) in [6, 6.07) is 0. The van der Waals surface area contributed by atoms with Crippen LogP contribution >= 0.6 is 27.7 Å². The van der Waals surface area contributed by atoms with Gasteiger partial charge in [-0.3, -0.25) is 4.79 Å². The van der Waals surface area contributed by atoms with Gasteiger partial charge in [-0.25, -0.2) is 4.98 Å². The minimum atomic E-state index is -0.0111. The van der Waals surface area contributed by atoms with Gasteiger partial charge in [0.2, 0.25) is 0 Å². The summed E-state index contributed by atoms with van der Waals surface area (Å²) in [6.45, 7) is 0. The lowest BCUT2D eigenvalue weighted by Crippen LogP contribution is -2.17. The molecule has 3 nitrogen and oxygen atoms in total. The van der Waals surface area contributed by atoms with Crippen LogP contribution in [0.25, 0.3) is 0 Å². The predicted molar refractivity (Wildman–Crippen MR) is 66.5 cm³/mol. The summed E-state index contributed by atoms with van der Waals surface area (Å²) in [7, 11) is 0. The van der Waals surface area contributed by atoms with Gasteiger partial charge < -0.3 is 4.98 Å². The fourth-order valence-electron chi connectivity index (χ4n) is 1.65. The minimum absolute atomic E-state index is 0.0111. The lowest BCUT2D eigenvalue weighted by atomic mass is 10.2. The Balaban J connectivity index is 2.21. The fourth-order valence-corrected chi connectivity index (χ4v) is 3.32. The maximum Gasteiger partial charge on any atom is 0.254 e. The van der Waals surface area contributed by atoms with E-state index in [1.807, 2.05) is 11.8 Å². The van der Waals surface area contributed by atoms with Crippen molar-refractivity contribution in [2.75, 3.05) is 5.75 Å². The summed E-state index contributed by atoms with van der Waals surface area (Å²) in [6.07, 6.45) is 5.33. The maximum atomic E-state index is 11.6. The van der Waals surface area contributed by atoms with Crippen LogP contribution in [0.2, 0.25) is 0 Å². The lowest BCUT2D eigenvalue weighted by molar-refractivity contribution is 0.659. The molecule has 1 aliphatic heterocycles. The van der Waals surface area contributed by atoms with E-state index in [1.165, 1.54) is 18.6 Å². The van der Waals surface area contributed by atoms with Gasteiger partial charge in [-0.05, 0) is 18.6 Å². The van der Waals surface area contributed by atoms with Crippen molar-refractivity contribution >= 4 is 27.7 Å². The van der Waals surface area contributed by atoms with Crippen molar-refractivity contribution in [2.24, 2.45) is 0 Å². The van der Waals surface area contributed by atoms with Crippen LogP contribution in [0.15, 0.2) is 11.0 Å². The Bertz CT molecular complexity index is 387. The SMILES string of the molecule is O=c1[nH]c(C2CCCCS2)ncc1CBr. The summed E-state index contributed by atoms with van der Waals surface area (Å²) < 4.78 is 0. The second kappa shape index (κ2) is 5.16. The molecule has 0 aromatic carbocycles. The van der Waals surface area contributed by atoms with E-state index in [2.05, 4.69) is 25.9 Å². The van der Waals surface area contributed by atoms with Crippen molar-refractivity contribution in [3.8, 4) is 0 Å². The Labute approximate surface area is 101 Å². The molecule has 5 heteroatoms. The van der Waals surface area contributed by atoms with Crippen molar-refractivity contribution < 1.29 is 0 Å². The van der Waals surface area contributed by atoms with Crippen LogP contribution in [-0.2, 0) is 5.33 Å². The van der Waals surface area contributed by atoms with Gasteiger partial charge in [0.15, 0.2) is 0 Å². The van der Waals surface area contributed by atoms with Crippen molar-refractivity contribution in [1.82, 2.24) is 9.97 Å². The molecule has 0 saturated carbocycles. The van der Waals surface area contributed by atoms with Gasteiger partial charge >= 0.3 is 0 Å². The summed E-state index contributed by atoms with van der Waals surface area (Å²) in [5.41, 5.74) is 0.683. The van der Waals surface area contributed by atoms with E-state index < -0.39 is 0 Å². The van der Waals surface area contributed by atoms with E-state index in [-0.39, 0.29) is 5.56 Å². The van der Waals surface area contributed by atoms with Crippen molar-refractivity contribution in [1.29, 1.82) is 0 Å². The van der Waals surface area contributed by atoms with Crippen LogP contribution in [0, 0.1) is 0 Å². The highest BCUT2D eigenvalue weighted by molar-refractivity contribution is 9.08. The molecule has 1 atom stereocenters. The van der Waals surface area contributed by atoms with Crippen LogP contribution in [-0.4, -0.2) is 15.7 Å². The van der Waals surface area contributed by atoms with E-state index in [1.54, 1.807) is 6.20 Å². The molecule has 1 fully saturated rings. The average Bonchev–Trinajstić information content (AvgIpc) is 2.30. The standard InChI is InChI=1S/C10H13BrN2OS/c11-5-7-6-12-9(13-10(7)14)8-3-1-2-4-15-8/h6,8H,1-5H2,(H,12,13,14). The summed E-state index contributed by atoms with van der Waals surface area (Å²) in [5.74, 6) is 2.02. The first-order valence-electron chi connectivity index (χ1n) is 5.07. The largest absolute Gasteiger partial charge is 0.309 e. The topological polar surface area (TPSA) is 45.8 Å². The summed E-state index contributed by atoms with van der Waals surface area (Å²) in [4.78, 5) is 18.8. The van der Waals surface area contributed by atoms with Gasteiger partial charge in [0.25, 0.3) is 5.56 Å². The van der Waals surface area contributed by atoms with Gasteiger partial charge in [0.05, 0.1) is 5.25 Å². The van der Waals surface area contributed by atoms with E-state index >= 15 is 0 Å². The Hall–Kier alpha value is -0.290. The maximum absolute atomic E-state index is 11.6. The molecule has 1 saturated heterocycles. The third-order valence-corrected chi connectivity index (χ3v) is 4.51. The number of alkyl halides is 1. The zero-order valence-electron chi connectivity index (χ0n) is 8.33. The number of hydrogen-bond donors (Lipinski definition) is 1. The number of rotatable bonds is 2.